The van der Waals surface area contributed by atoms with Crippen LogP contribution in [-0.4, -0.2) is 19.7 Å². The van der Waals surface area contributed by atoms with Crippen molar-refractivity contribution in [3.8, 4) is 5.75 Å². The number of hydrogen-bond donors (Lipinski definition) is 1. The van der Waals surface area contributed by atoms with Crippen molar-refractivity contribution < 1.29 is 14.3 Å². The summed E-state index contributed by atoms with van der Waals surface area (Å²) in [6.07, 6.45) is 0.112. The Balaban J connectivity index is 2.89. The highest BCUT2D eigenvalue weighted by Gasteiger charge is 2.11. The molecule has 4 nitrogen and oxygen atoms in total. The van der Waals surface area contributed by atoms with Crippen molar-refractivity contribution in [2.24, 2.45) is 0 Å². The van der Waals surface area contributed by atoms with E-state index in [1.54, 1.807) is 19.1 Å². The second-order valence-corrected chi connectivity index (χ2v) is 3.57. The summed E-state index contributed by atoms with van der Waals surface area (Å²) in [5.41, 5.74) is 6.80. The summed E-state index contributed by atoms with van der Waals surface area (Å²) in [6.45, 7) is 2.10. The van der Waals surface area contributed by atoms with E-state index in [4.69, 9.17) is 26.8 Å². The summed E-state index contributed by atoms with van der Waals surface area (Å²) in [5.74, 6) is 0.173. The fraction of sp³-hybridized carbons (Fsp3) is 0.364. The molecule has 1 rings (SSSR count). The predicted octanol–water partition coefficient (Wildman–Crippen LogP) is 2.04. The van der Waals surface area contributed by atoms with Gasteiger partial charge in [0.15, 0.2) is 0 Å². The molecule has 0 aromatic heterocycles. The highest BCUT2D eigenvalue weighted by molar-refractivity contribution is 6.31. The molecule has 0 spiro atoms. The van der Waals surface area contributed by atoms with E-state index < -0.39 is 0 Å². The van der Waals surface area contributed by atoms with Crippen LogP contribution >= 0.6 is 11.6 Å². The maximum absolute atomic E-state index is 11.3. The van der Waals surface area contributed by atoms with E-state index in [-0.39, 0.29) is 12.4 Å². The van der Waals surface area contributed by atoms with Gasteiger partial charge in [-0.05, 0) is 18.6 Å². The smallest absolute Gasteiger partial charge is 0.310 e. The largest absolute Gasteiger partial charge is 0.495 e. The van der Waals surface area contributed by atoms with Crippen LogP contribution in [0.1, 0.15) is 12.5 Å². The van der Waals surface area contributed by atoms with Crippen molar-refractivity contribution in [2.45, 2.75) is 13.3 Å². The Morgan fingerprint density at radius 1 is 1.50 bits per heavy atom. The maximum atomic E-state index is 11.3. The number of ether oxygens (including phenoxy) is 2. The lowest BCUT2D eigenvalue weighted by molar-refractivity contribution is -0.142. The van der Waals surface area contributed by atoms with E-state index in [1.165, 1.54) is 7.11 Å². The average Bonchev–Trinajstić information content (AvgIpc) is 2.23. The van der Waals surface area contributed by atoms with Gasteiger partial charge in [0.05, 0.1) is 25.8 Å². The molecule has 88 valence electrons. The van der Waals surface area contributed by atoms with Crippen molar-refractivity contribution in [3.05, 3.63) is 22.7 Å². The van der Waals surface area contributed by atoms with Crippen LogP contribution in [0.5, 0.6) is 5.75 Å². The Hall–Kier alpha value is -1.42. The Labute approximate surface area is 99.3 Å². The zero-order valence-electron chi connectivity index (χ0n) is 9.25. The Kier molecular flexibility index (Phi) is 4.43. The van der Waals surface area contributed by atoms with Crippen LogP contribution in [-0.2, 0) is 16.0 Å². The van der Waals surface area contributed by atoms with Gasteiger partial charge in [0.2, 0.25) is 0 Å². The van der Waals surface area contributed by atoms with Gasteiger partial charge in [-0.3, -0.25) is 4.79 Å². The number of nitrogen functional groups attached to an aromatic ring is 1. The molecule has 0 saturated carbocycles. The third-order valence-corrected chi connectivity index (χ3v) is 2.39. The minimum Gasteiger partial charge on any atom is -0.495 e. The number of halogens is 1. The van der Waals surface area contributed by atoms with Crippen molar-refractivity contribution in [1.82, 2.24) is 0 Å². The number of nitrogens with two attached hydrogens (primary N) is 1. The highest BCUT2D eigenvalue weighted by atomic mass is 35.5. The minimum absolute atomic E-state index is 0.112. The molecule has 0 fully saturated rings. The standard InChI is InChI=1S/C11H14ClNO3/c1-3-16-11(14)5-7-4-9(13)10(15-2)6-8(7)12/h4,6H,3,5,13H2,1-2H3. The molecule has 0 aliphatic rings. The molecule has 0 atom stereocenters. The molecule has 0 heterocycles. The van der Waals surface area contributed by atoms with Gasteiger partial charge in [-0.2, -0.15) is 0 Å². The van der Waals surface area contributed by atoms with Crippen LogP contribution < -0.4 is 10.5 Å². The van der Waals surface area contributed by atoms with Crippen molar-refractivity contribution >= 4 is 23.3 Å². The molecule has 0 unspecified atom stereocenters. The first kappa shape index (κ1) is 12.6. The van der Waals surface area contributed by atoms with Crippen LogP contribution in [0.4, 0.5) is 5.69 Å². The second-order valence-electron chi connectivity index (χ2n) is 3.17. The van der Waals surface area contributed by atoms with Gasteiger partial charge in [-0.1, -0.05) is 11.6 Å². The Morgan fingerprint density at radius 3 is 2.75 bits per heavy atom. The van der Waals surface area contributed by atoms with Gasteiger partial charge in [-0.25, -0.2) is 0 Å². The Morgan fingerprint density at radius 2 is 2.19 bits per heavy atom. The third-order valence-electron chi connectivity index (χ3n) is 2.04. The first-order valence-electron chi connectivity index (χ1n) is 4.86. The normalized spacial score (nSPS) is 9.94. The highest BCUT2D eigenvalue weighted by Crippen LogP contribution is 2.29. The second kappa shape index (κ2) is 5.61. The van der Waals surface area contributed by atoms with Gasteiger partial charge < -0.3 is 15.2 Å². The maximum Gasteiger partial charge on any atom is 0.310 e. The molecule has 0 aliphatic carbocycles. The zero-order valence-corrected chi connectivity index (χ0v) is 10.0. The summed E-state index contributed by atoms with van der Waals surface area (Å²) in [5, 5.41) is 0.444. The van der Waals surface area contributed by atoms with Crippen LogP contribution in [0.15, 0.2) is 12.1 Å². The SMILES string of the molecule is CCOC(=O)Cc1cc(N)c(OC)cc1Cl. The molecule has 2 N–H and O–H groups in total. The van der Waals surface area contributed by atoms with E-state index in [2.05, 4.69) is 0 Å². The van der Waals surface area contributed by atoms with Gasteiger partial charge >= 0.3 is 5.97 Å². The lowest BCUT2D eigenvalue weighted by Crippen LogP contribution is -2.08. The summed E-state index contributed by atoms with van der Waals surface area (Å²) >= 11 is 5.98. The lowest BCUT2D eigenvalue weighted by atomic mass is 10.1. The monoisotopic (exact) mass is 243 g/mol. The first-order valence-corrected chi connectivity index (χ1v) is 5.23. The van der Waals surface area contributed by atoms with Crippen LogP contribution in [0, 0.1) is 0 Å². The van der Waals surface area contributed by atoms with Crippen molar-refractivity contribution in [3.63, 3.8) is 0 Å². The third kappa shape index (κ3) is 3.03. The van der Waals surface area contributed by atoms with Gasteiger partial charge in [0.1, 0.15) is 5.75 Å². The molecule has 0 radical (unpaired) electrons. The van der Waals surface area contributed by atoms with Crippen LogP contribution in [0.25, 0.3) is 0 Å². The van der Waals surface area contributed by atoms with E-state index in [9.17, 15) is 4.79 Å². The van der Waals surface area contributed by atoms with E-state index in [1.807, 2.05) is 0 Å². The average molecular weight is 244 g/mol. The molecule has 0 saturated heterocycles. The van der Waals surface area contributed by atoms with Crippen LogP contribution in [0.2, 0.25) is 5.02 Å². The molecule has 1 aromatic rings. The summed E-state index contributed by atoms with van der Waals surface area (Å²) in [4.78, 5) is 11.3. The molecule has 1 aromatic carbocycles. The molecule has 0 amide bonds. The molecular formula is C11H14ClNO3. The van der Waals surface area contributed by atoms with Crippen LogP contribution in [0.3, 0.4) is 0 Å². The predicted molar refractivity (Wildman–Crippen MR) is 62.8 cm³/mol. The van der Waals surface area contributed by atoms with E-state index >= 15 is 0 Å². The quantitative estimate of drug-likeness (QED) is 0.649. The summed E-state index contributed by atoms with van der Waals surface area (Å²) in [7, 11) is 1.51. The fourth-order valence-electron chi connectivity index (χ4n) is 1.30. The van der Waals surface area contributed by atoms with Crippen molar-refractivity contribution in [2.75, 3.05) is 19.5 Å². The molecule has 16 heavy (non-hydrogen) atoms. The van der Waals surface area contributed by atoms with Crippen molar-refractivity contribution in [1.29, 1.82) is 0 Å². The molecule has 5 heteroatoms. The number of rotatable bonds is 4. The number of hydrogen-bond acceptors (Lipinski definition) is 4. The van der Waals surface area contributed by atoms with E-state index in [0.717, 1.165) is 0 Å². The lowest BCUT2D eigenvalue weighted by Gasteiger charge is -2.09. The number of anilines is 1. The van der Waals surface area contributed by atoms with Gasteiger partial charge in [0, 0.05) is 11.1 Å². The zero-order chi connectivity index (χ0) is 12.1. The number of methoxy groups -OCH3 is 1. The summed E-state index contributed by atoms with van der Waals surface area (Å²) < 4.78 is 9.84. The first-order chi connectivity index (χ1) is 7.58. The molecule has 0 aliphatic heterocycles. The minimum atomic E-state index is -0.325. The van der Waals surface area contributed by atoms with Gasteiger partial charge in [0.25, 0.3) is 0 Å². The topological polar surface area (TPSA) is 61.5 Å². The summed E-state index contributed by atoms with van der Waals surface area (Å²) in [6, 6.07) is 3.21. The number of esters is 1. The number of benzene rings is 1. The number of carbonyl (C=O) groups is 1. The van der Waals surface area contributed by atoms with Gasteiger partial charge in [-0.15, -0.1) is 0 Å². The molecular weight excluding hydrogens is 230 g/mol. The fourth-order valence-corrected chi connectivity index (χ4v) is 1.52. The Bertz CT molecular complexity index is 393. The van der Waals surface area contributed by atoms with E-state index in [0.29, 0.717) is 28.6 Å². The molecule has 0 bridgehead atoms. The number of carbonyl (C=O) groups excluding carboxylic acids is 1.